The molecule has 1 aromatic rings. The minimum absolute atomic E-state index is 0.159. The van der Waals surface area contributed by atoms with Crippen LogP contribution >= 0.6 is 11.3 Å². The molecular weight excluding hydrogens is 250 g/mol. The Hall–Kier alpha value is -1.43. The van der Waals surface area contributed by atoms with Crippen LogP contribution in [0, 0.1) is 17.0 Å². The Morgan fingerprint density at radius 3 is 2.72 bits per heavy atom. The SMILES string of the molecule is C/C(=C\c1sc(N2CCCCC2)nc1C)[N+](=O)[O-]. The number of hydrogen-bond donors (Lipinski definition) is 0. The molecule has 6 heteroatoms. The van der Waals surface area contributed by atoms with E-state index in [1.165, 1.54) is 26.2 Å². The molecule has 18 heavy (non-hydrogen) atoms. The van der Waals surface area contributed by atoms with Crippen molar-refractivity contribution in [1.29, 1.82) is 0 Å². The van der Waals surface area contributed by atoms with Gasteiger partial charge in [-0.3, -0.25) is 10.1 Å². The van der Waals surface area contributed by atoms with Crippen LogP contribution in [-0.4, -0.2) is 23.0 Å². The summed E-state index contributed by atoms with van der Waals surface area (Å²) in [4.78, 5) is 18.0. The van der Waals surface area contributed by atoms with E-state index in [4.69, 9.17) is 0 Å². The van der Waals surface area contributed by atoms with Crippen molar-refractivity contribution in [2.24, 2.45) is 0 Å². The Morgan fingerprint density at radius 2 is 2.11 bits per heavy atom. The van der Waals surface area contributed by atoms with Gasteiger partial charge in [0.25, 0.3) is 0 Å². The zero-order valence-electron chi connectivity index (χ0n) is 10.7. The Kier molecular flexibility index (Phi) is 3.96. The second-order valence-electron chi connectivity index (χ2n) is 4.54. The summed E-state index contributed by atoms with van der Waals surface area (Å²) in [5, 5.41) is 11.6. The number of hydrogen-bond acceptors (Lipinski definition) is 5. The van der Waals surface area contributed by atoms with Crippen molar-refractivity contribution >= 4 is 22.5 Å². The van der Waals surface area contributed by atoms with Crippen LogP contribution < -0.4 is 4.90 Å². The molecule has 2 rings (SSSR count). The molecule has 0 radical (unpaired) electrons. The topological polar surface area (TPSA) is 59.3 Å². The first-order valence-corrected chi connectivity index (χ1v) is 6.94. The summed E-state index contributed by atoms with van der Waals surface area (Å²) in [6, 6.07) is 0. The maximum atomic E-state index is 10.6. The number of aromatic nitrogens is 1. The lowest BCUT2D eigenvalue weighted by Gasteiger charge is -2.25. The molecule has 0 bridgehead atoms. The van der Waals surface area contributed by atoms with Gasteiger partial charge in [-0.15, -0.1) is 0 Å². The molecule has 2 heterocycles. The monoisotopic (exact) mass is 267 g/mol. The highest BCUT2D eigenvalue weighted by atomic mass is 32.1. The summed E-state index contributed by atoms with van der Waals surface area (Å²) in [6.07, 6.45) is 5.31. The number of thiazole rings is 1. The third-order valence-corrected chi connectivity index (χ3v) is 4.24. The molecule has 1 aliphatic heterocycles. The van der Waals surface area contributed by atoms with Crippen molar-refractivity contribution in [2.45, 2.75) is 33.1 Å². The molecule has 0 N–H and O–H groups in total. The van der Waals surface area contributed by atoms with Gasteiger partial charge in [0.15, 0.2) is 5.13 Å². The normalized spacial score (nSPS) is 17.0. The lowest BCUT2D eigenvalue weighted by atomic mass is 10.1. The molecule has 1 aliphatic rings. The van der Waals surface area contributed by atoms with Crippen molar-refractivity contribution in [3.63, 3.8) is 0 Å². The van der Waals surface area contributed by atoms with Gasteiger partial charge in [0.2, 0.25) is 5.70 Å². The second kappa shape index (κ2) is 5.48. The Balaban J connectivity index is 2.21. The number of aryl methyl sites for hydroxylation is 1. The van der Waals surface area contributed by atoms with E-state index < -0.39 is 0 Å². The summed E-state index contributed by atoms with van der Waals surface area (Å²) in [5.74, 6) is 0. The largest absolute Gasteiger partial charge is 0.348 e. The molecule has 0 spiro atoms. The molecule has 1 saturated heterocycles. The van der Waals surface area contributed by atoms with E-state index in [1.54, 1.807) is 17.4 Å². The first kappa shape index (κ1) is 13.0. The van der Waals surface area contributed by atoms with E-state index in [1.807, 2.05) is 6.92 Å². The fourth-order valence-electron chi connectivity index (χ4n) is 1.99. The summed E-state index contributed by atoms with van der Waals surface area (Å²) in [7, 11) is 0. The smallest absolute Gasteiger partial charge is 0.244 e. The minimum atomic E-state index is -0.361. The lowest BCUT2D eigenvalue weighted by molar-refractivity contribution is -0.422. The predicted molar refractivity (Wildman–Crippen MR) is 73.6 cm³/mol. The van der Waals surface area contributed by atoms with Crippen LogP contribution in [0.3, 0.4) is 0 Å². The number of piperidine rings is 1. The number of anilines is 1. The van der Waals surface area contributed by atoms with E-state index >= 15 is 0 Å². The van der Waals surface area contributed by atoms with E-state index in [2.05, 4.69) is 9.88 Å². The second-order valence-corrected chi connectivity index (χ2v) is 5.55. The van der Waals surface area contributed by atoms with E-state index in [0.717, 1.165) is 28.8 Å². The zero-order valence-corrected chi connectivity index (χ0v) is 11.5. The van der Waals surface area contributed by atoms with Gasteiger partial charge in [0.05, 0.1) is 15.5 Å². The molecule has 0 aromatic carbocycles. The van der Waals surface area contributed by atoms with Crippen LogP contribution in [0.4, 0.5) is 5.13 Å². The highest BCUT2D eigenvalue weighted by Gasteiger charge is 2.16. The number of nitro groups is 1. The molecule has 0 saturated carbocycles. The maximum Gasteiger partial charge on any atom is 0.244 e. The average molecular weight is 267 g/mol. The Bertz CT molecular complexity index is 476. The zero-order chi connectivity index (χ0) is 13.1. The van der Waals surface area contributed by atoms with Gasteiger partial charge in [-0.25, -0.2) is 4.98 Å². The molecule has 1 aromatic heterocycles. The molecule has 0 atom stereocenters. The maximum absolute atomic E-state index is 10.6. The molecule has 1 fully saturated rings. The van der Waals surface area contributed by atoms with Crippen LogP contribution in [-0.2, 0) is 0 Å². The van der Waals surface area contributed by atoms with Gasteiger partial charge in [-0.2, -0.15) is 0 Å². The van der Waals surface area contributed by atoms with Gasteiger partial charge in [0, 0.05) is 26.1 Å². The van der Waals surface area contributed by atoms with E-state index in [9.17, 15) is 10.1 Å². The van der Waals surface area contributed by atoms with Crippen molar-refractivity contribution in [3.8, 4) is 0 Å². The summed E-state index contributed by atoms with van der Waals surface area (Å²) >= 11 is 1.55. The Morgan fingerprint density at radius 1 is 1.44 bits per heavy atom. The lowest BCUT2D eigenvalue weighted by Crippen LogP contribution is -2.29. The first-order valence-electron chi connectivity index (χ1n) is 6.13. The first-order chi connectivity index (χ1) is 8.58. The fraction of sp³-hybridized carbons (Fsp3) is 0.583. The van der Waals surface area contributed by atoms with Crippen molar-refractivity contribution in [3.05, 3.63) is 26.4 Å². The molecule has 98 valence electrons. The van der Waals surface area contributed by atoms with Gasteiger partial charge in [0.1, 0.15) is 0 Å². The standard InChI is InChI=1S/C12H17N3O2S/c1-9(15(16)17)8-11-10(2)13-12(18-11)14-6-4-3-5-7-14/h8H,3-7H2,1-2H3/b9-8+. The van der Waals surface area contributed by atoms with Crippen LogP contribution in [0.1, 0.15) is 36.8 Å². The van der Waals surface area contributed by atoms with Crippen molar-refractivity contribution in [1.82, 2.24) is 4.98 Å². The molecule has 0 aliphatic carbocycles. The van der Waals surface area contributed by atoms with Crippen LogP contribution in [0.15, 0.2) is 5.70 Å². The quantitative estimate of drug-likeness (QED) is 0.623. The van der Waals surface area contributed by atoms with Crippen LogP contribution in [0.2, 0.25) is 0 Å². The minimum Gasteiger partial charge on any atom is -0.348 e. The van der Waals surface area contributed by atoms with Gasteiger partial charge in [-0.1, -0.05) is 11.3 Å². The third kappa shape index (κ3) is 2.87. The summed E-state index contributed by atoms with van der Waals surface area (Å²) in [6.45, 7) is 5.51. The molecule has 0 unspecified atom stereocenters. The van der Waals surface area contributed by atoms with Crippen molar-refractivity contribution in [2.75, 3.05) is 18.0 Å². The number of rotatable bonds is 3. The molecule has 5 nitrogen and oxygen atoms in total. The van der Waals surface area contributed by atoms with Gasteiger partial charge in [-0.05, 0) is 26.2 Å². The van der Waals surface area contributed by atoms with Crippen LogP contribution in [0.5, 0.6) is 0 Å². The predicted octanol–water partition coefficient (Wildman–Crippen LogP) is 3.08. The highest BCUT2D eigenvalue weighted by molar-refractivity contribution is 7.16. The number of nitrogens with zero attached hydrogens (tertiary/aromatic N) is 3. The number of allylic oxidation sites excluding steroid dienone is 1. The Labute approximate surface area is 110 Å². The van der Waals surface area contributed by atoms with E-state index in [0.29, 0.717) is 0 Å². The van der Waals surface area contributed by atoms with Gasteiger partial charge >= 0.3 is 0 Å². The highest BCUT2D eigenvalue weighted by Crippen LogP contribution is 2.29. The fourth-order valence-corrected chi connectivity index (χ4v) is 3.10. The molecular formula is C12H17N3O2S. The van der Waals surface area contributed by atoms with Gasteiger partial charge < -0.3 is 4.90 Å². The van der Waals surface area contributed by atoms with Crippen LogP contribution in [0.25, 0.3) is 6.08 Å². The summed E-state index contributed by atoms with van der Waals surface area (Å²) < 4.78 is 0. The summed E-state index contributed by atoms with van der Waals surface area (Å²) in [5.41, 5.74) is 1.04. The molecule has 0 amide bonds. The van der Waals surface area contributed by atoms with Crippen molar-refractivity contribution < 1.29 is 4.92 Å². The third-order valence-electron chi connectivity index (χ3n) is 3.08. The van der Waals surface area contributed by atoms with E-state index in [-0.39, 0.29) is 10.6 Å². The average Bonchev–Trinajstić information content (AvgIpc) is 2.72.